The summed E-state index contributed by atoms with van der Waals surface area (Å²) in [5.74, 6) is -1.59. The number of nitrogens with two attached hydrogens (primary N) is 1. The fourth-order valence-corrected chi connectivity index (χ4v) is 1.55. The number of nitrogens with zero attached hydrogens (tertiary/aromatic N) is 1. The lowest BCUT2D eigenvalue weighted by molar-refractivity contribution is -0.144. The summed E-state index contributed by atoms with van der Waals surface area (Å²) >= 11 is 0. The second kappa shape index (κ2) is 4.34. The minimum Gasteiger partial charge on any atom is -0.443 e. The molecule has 0 radical (unpaired) electrons. The van der Waals surface area contributed by atoms with Gasteiger partial charge in [-0.25, -0.2) is 4.90 Å². The van der Waals surface area contributed by atoms with Gasteiger partial charge in [0, 0.05) is 0 Å². The Kier molecular flexibility index (Phi) is 2.88. The Bertz CT molecular complexity index is 463. The van der Waals surface area contributed by atoms with E-state index in [1.165, 1.54) is 0 Å². The van der Waals surface area contributed by atoms with Crippen molar-refractivity contribution >= 4 is 17.8 Å². The number of rotatable bonds is 3. The summed E-state index contributed by atoms with van der Waals surface area (Å²) in [6, 6.07) is 6.44. The summed E-state index contributed by atoms with van der Waals surface area (Å²) in [5.41, 5.74) is 5.69. The van der Waals surface area contributed by atoms with Crippen LogP contribution in [0.4, 0.5) is 0 Å². The molecule has 6 heteroatoms. The molecular formula is C11H10N2O4. The number of amides is 2. The van der Waals surface area contributed by atoms with E-state index in [0.29, 0.717) is 11.1 Å². The Labute approximate surface area is 96.9 Å². The molecule has 0 saturated carbocycles. The molecule has 2 rings (SSSR count). The highest BCUT2D eigenvalue weighted by molar-refractivity contribution is 6.21. The molecule has 0 spiro atoms. The first-order chi connectivity index (χ1) is 8.15. The lowest BCUT2D eigenvalue weighted by Crippen LogP contribution is -2.34. The van der Waals surface area contributed by atoms with Crippen molar-refractivity contribution < 1.29 is 19.1 Å². The Balaban J connectivity index is 2.16. The average molecular weight is 234 g/mol. The molecule has 17 heavy (non-hydrogen) atoms. The van der Waals surface area contributed by atoms with Gasteiger partial charge in [-0.05, 0) is 12.1 Å². The highest BCUT2D eigenvalue weighted by atomic mass is 16.5. The van der Waals surface area contributed by atoms with E-state index in [9.17, 15) is 14.4 Å². The molecule has 6 nitrogen and oxygen atoms in total. The largest absolute Gasteiger partial charge is 0.443 e. The number of hydrogen-bond donors (Lipinski definition) is 1. The summed E-state index contributed by atoms with van der Waals surface area (Å²) in [4.78, 5) is 35.3. The number of fused-ring (bicyclic) bond motifs is 1. The van der Waals surface area contributed by atoms with Gasteiger partial charge in [0.1, 0.15) is 0 Å². The standard InChI is InChI=1S/C11H10N2O4/c12-5-9(14)17-6-13-10(15)7-3-1-2-4-8(7)11(13)16/h1-4H,5-6,12H2. The van der Waals surface area contributed by atoms with E-state index in [1.54, 1.807) is 24.3 Å². The lowest BCUT2D eigenvalue weighted by Gasteiger charge is -2.13. The zero-order valence-corrected chi connectivity index (χ0v) is 8.88. The Morgan fingerprint density at radius 1 is 1.18 bits per heavy atom. The third-order valence-electron chi connectivity index (χ3n) is 2.40. The van der Waals surface area contributed by atoms with Crippen LogP contribution < -0.4 is 5.73 Å². The molecule has 0 aromatic heterocycles. The smallest absolute Gasteiger partial charge is 0.321 e. The average Bonchev–Trinajstić information content (AvgIpc) is 2.60. The second-order valence-electron chi connectivity index (χ2n) is 3.43. The van der Waals surface area contributed by atoms with E-state index < -0.39 is 24.5 Å². The summed E-state index contributed by atoms with van der Waals surface area (Å²) in [7, 11) is 0. The zero-order valence-electron chi connectivity index (χ0n) is 8.88. The van der Waals surface area contributed by atoms with Crippen LogP contribution in [0, 0.1) is 0 Å². The molecule has 0 bridgehead atoms. The number of esters is 1. The van der Waals surface area contributed by atoms with Gasteiger partial charge in [-0.2, -0.15) is 0 Å². The van der Waals surface area contributed by atoms with Crippen LogP contribution in [0.15, 0.2) is 24.3 Å². The summed E-state index contributed by atoms with van der Waals surface area (Å²) in [5, 5.41) is 0. The van der Waals surface area contributed by atoms with Crippen molar-refractivity contribution in [3.05, 3.63) is 35.4 Å². The van der Waals surface area contributed by atoms with Gasteiger partial charge in [-0.15, -0.1) is 0 Å². The van der Waals surface area contributed by atoms with Crippen LogP contribution in [0.1, 0.15) is 20.7 Å². The van der Waals surface area contributed by atoms with E-state index in [-0.39, 0.29) is 6.54 Å². The van der Waals surface area contributed by atoms with Gasteiger partial charge in [0.25, 0.3) is 11.8 Å². The highest BCUT2D eigenvalue weighted by Gasteiger charge is 2.35. The van der Waals surface area contributed by atoms with Crippen molar-refractivity contribution in [2.24, 2.45) is 5.73 Å². The number of imide groups is 1. The molecule has 1 aromatic carbocycles. The number of ether oxygens (including phenoxy) is 1. The van der Waals surface area contributed by atoms with Crippen LogP contribution in [0.2, 0.25) is 0 Å². The van der Waals surface area contributed by atoms with E-state index in [1.807, 2.05) is 0 Å². The Hall–Kier alpha value is -2.21. The van der Waals surface area contributed by atoms with Crippen LogP contribution >= 0.6 is 0 Å². The molecule has 0 atom stereocenters. The normalized spacial score (nSPS) is 13.8. The first kappa shape index (κ1) is 11.3. The molecule has 1 heterocycles. The van der Waals surface area contributed by atoms with Crippen LogP contribution in [0.25, 0.3) is 0 Å². The first-order valence-corrected chi connectivity index (χ1v) is 4.96. The Morgan fingerprint density at radius 2 is 1.71 bits per heavy atom. The van der Waals surface area contributed by atoms with Gasteiger partial charge in [-0.3, -0.25) is 14.4 Å². The number of carbonyl (C=O) groups is 3. The summed E-state index contributed by atoms with van der Waals surface area (Å²) in [6.45, 7) is -0.689. The van der Waals surface area contributed by atoms with Crippen molar-refractivity contribution in [2.75, 3.05) is 13.3 Å². The van der Waals surface area contributed by atoms with Crippen molar-refractivity contribution in [3.8, 4) is 0 Å². The fraction of sp³-hybridized carbons (Fsp3) is 0.182. The van der Waals surface area contributed by atoms with Crippen molar-refractivity contribution in [2.45, 2.75) is 0 Å². The minimum atomic E-state index is -0.665. The van der Waals surface area contributed by atoms with E-state index in [2.05, 4.69) is 4.74 Å². The third-order valence-corrected chi connectivity index (χ3v) is 2.40. The Morgan fingerprint density at radius 3 is 2.18 bits per heavy atom. The zero-order chi connectivity index (χ0) is 12.4. The van der Waals surface area contributed by atoms with Gasteiger partial charge in [-0.1, -0.05) is 12.1 Å². The van der Waals surface area contributed by atoms with Crippen LogP contribution in [0.5, 0.6) is 0 Å². The summed E-state index contributed by atoms with van der Waals surface area (Å²) in [6.07, 6.45) is 0. The number of hydrogen-bond acceptors (Lipinski definition) is 5. The predicted molar refractivity (Wildman–Crippen MR) is 57.0 cm³/mol. The molecular weight excluding hydrogens is 224 g/mol. The molecule has 88 valence electrons. The van der Waals surface area contributed by atoms with E-state index >= 15 is 0 Å². The molecule has 0 aliphatic carbocycles. The van der Waals surface area contributed by atoms with Crippen LogP contribution in [-0.4, -0.2) is 36.0 Å². The molecule has 0 fully saturated rings. The van der Waals surface area contributed by atoms with E-state index in [4.69, 9.17) is 5.73 Å². The predicted octanol–water partition coefficient (Wildman–Crippen LogP) is -0.258. The molecule has 1 aromatic rings. The fourth-order valence-electron chi connectivity index (χ4n) is 1.55. The van der Waals surface area contributed by atoms with Crippen molar-refractivity contribution in [1.82, 2.24) is 4.90 Å². The van der Waals surface area contributed by atoms with Gasteiger partial charge in [0.2, 0.25) is 0 Å². The van der Waals surface area contributed by atoms with E-state index in [0.717, 1.165) is 4.90 Å². The molecule has 2 amide bonds. The highest BCUT2D eigenvalue weighted by Crippen LogP contribution is 2.21. The molecule has 0 unspecified atom stereocenters. The van der Waals surface area contributed by atoms with Crippen molar-refractivity contribution in [3.63, 3.8) is 0 Å². The van der Waals surface area contributed by atoms with Gasteiger partial charge >= 0.3 is 5.97 Å². The maximum Gasteiger partial charge on any atom is 0.321 e. The quantitative estimate of drug-likeness (QED) is 0.575. The van der Waals surface area contributed by atoms with Gasteiger partial charge < -0.3 is 10.5 Å². The third kappa shape index (κ3) is 1.90. The lowest BCUT2D eigenvalue weighted by atomic mass is 10.1. The SMILES string of the molecule is NCC(=O)OCN1C(=O)c2ccccc2C1=O. The second-order valence-corrected chi connectivity index (χ2v) is 3.43. The van der Waals surface area contributed by atoms with Crippen LogP contribution in [-0.2, 0) is 9.53 Å². The monoisotopic (exact) mass is 234 g/mol. The number of carbonyl (C=O) groups excluding carboxylic acids is 3. The molecule has 1 aliphatic heterocycles. The van der Waals surface area contributed by atoms with Crippen molar-refractivity contribution in [1.29, 1.82) is 0 Å². The molecule has 0 saturated heterocycles. The summed E-state index contributed by atoms with van der Waals surface area (Å²) < 4.78 is 4.67. The molecule has 1 aliphatic rings. The topological polar surface area (TPSA) is 89.7 Å². The number of benzene rings is 1. The first-order valence-electron chi connectivity index (χ1n) is 4.96. The minimum absolute atomic E-state index is 0.289. The van der Waals surface area contributed by atoms with Gasteiger partial charge in [0.05, 0.1) is 17.7 Å². The van der Waals surface area contributed by atoms with Gasteiger partial charge in [0.15, 0.2) is 6.73 Å². The van der Waals surface area contributed by atoms with Crippen LogP contribution in [0.3, 0.4) is 0 Å². The maximum absolute atomic E-state index is 11.8. The maximum atomic E-state index is 11.8. The molecule has 2 N–H and O–H groups in total.